The van der Waals surface area contributed by atoms with Crippen LogP contribution in [0.3, 0.4) is 0 Å². The molecule has 0 saturated carbocycles. The number of carbonyl (C=O) groups excluding carboxylic acids is 1. The van der Waals surface area contributed by atoms with Gasteiger partial charge in [-0.05, 0) is 32.0 Å². The van der Waals surface area contributed by atoms with Crippen LogP contribution >= 0.6 is 0 Å². The summed E-state index contributed by atoms with van der Waals surface area (Å²) in [5.41, 5.74) is 2.29. The third kappa shape index (κ3) is 3.90. The highest BCUT2D eigenvalue weighted by Crippen LogP contribution is 2.37. The Bertz CT molecular complexity index is 718. The van der Waals surface area contributed by atoms with Gasteiger partial charge in [-0.3, -0.25) is 9.69 Å². The number of anilines is 1. The van der Waals surface area contributed by atoms with E-state index in [1.807, 2.05) is 54.6 Å². The summed E-state index contributed by atoms with van der Waals surface area (Å²) in [6.07, 6.45) is -1.09. The fourth-order valence-electron chi connectivity index (χ4n) is 2.99. The Labute approximate surface area is 148 Å². The van der Waals surface area contributed by atoms with Gasteiger partial charge in [-0.25, -0.2) is 0 Å². The Morgan fingerprint density at radius 1 is 1.12 bits per heavy atom. The standard InChI is InChI=1S/C20H24N2O3/c1-14(2)21-12-16(23)13-25-20-18-11-7-6-10-17(18)19(24)22(20)15-8-4-3-5-9-15/h3-11,14,16,20-21,23H,12-13H2,1-2H3/p+1/t16-,20-/m1/s1. The van der Waals surface area contributed by atoms with Gasteiger partial charge < -0.3 is 15.2 Å². The predicted octanol–water partition coefficient (Wildman–Crippen LogP) is 1.69. The molecule has 25 heavy (non-hydrogen) atoms. The first-order valence-corrected chi connectivity index (χ1v) is 8.68. The van der Waals surface area contributed by atoms with Crippen molar-refractivity contribution < 1.29 is 20.0 Å². The number of fused-ring (bicyclic) bond motifs is 1. The van der Waals surface area contributed by atoms with Gasteiger partial charge in [0.25, 0.3) is 5.91 Å². The van der Waals surface area contributed by atoms with Gasteiger partial charge in [0.2, 0.25) is 0 Å². The molecule has 0 spiro atoms. The lowest BCUT2D eigenvalue weighted by Gasteiger charge is -2.26. The van der Waals surface area contributed by atoms with Crippen LogP contribution in [0.4, 0.5) is 5.69 Å². The molecule has 3 rings (SSSR count). The van der Waals surface area contributed by atoms with Gasteiger partial charge in [0.15, 0.2) is 6.23 Å². The van der Waals surface area contributed by atoms with Crippen molar-refractivity contribution in [3.63, 3.8) is 0 Å². The summed E-state index contributed by atoms with van der Waals surface area (Å²) in [6.45, 7) is 4.91. The number of rotatable bonds is 7. The lowest BCUT2D eigenvalue weighted by atomic mass is 10.1. The Kier molecular flexibility index (Phi) is 5.48. The molecule has 1 aliphatic heterocycles. The smallest absolute Gasteiger partial charge is 0.261 e. The maximum absolute atomic E-state index is 12.8. The highest BCUT2D eigenvalue weighted by atomic mass is 16.5. The number of quaternary nitrogens is 1. The molecule has 2 aromatic rings. The van der Waals surface area contributed by atoms with Gasteiger partial charge in [-0.15, -0.1) is 0 Å². The van der Waals surface area contributed by atoms with E-state index in [2.05, 4.69) is 19.2 Å². The van der Waals surface area contributed by atoms with Crippen LogP contribution in [-0.2, 0) is 4.74 Å². The number of aliphatic hydroxyl groups is 1. The second-order valence-electron chi connectivity index (χ2n) is 6.65. The molecule has 0 unspecified atom stereocenters. The molecule has 1 heterocycles. The van der Waals surface area contributed by atoms with Gasteiger partial charge in [0.05, 0.1) is 12.6 Å². The van der Waals surface area contributed by atoms with Crippen molar-refractivity contribution in [1.29, 1.82) is 0 Å². The number of nitrogens with two attached hydrogens (primary N) is 1. The zero-order chi connectivity index (χ0) is 17.8. The van der Waals surface area contributed by atoms with E-state index in [1.54, 1.807) is 4.90 Å². The number of carbonyl (C=O) groups is 1. The molecule has 1 amide bonds. The van der Waals surface area contributed by atoms with Gasteiger partial charge in [-0.2, -0.15) is 0 Å². The van der Waals surface area contributed by atoms with Crippen LogP contribution < -0.4 is 10.2 Å². The van der Waals surface area contributed by atoms with E-state index in [0.29, 0.717) is 18.2 Å². The Morgan fingerprint density at radius 2 is 1.80 bits per heavy atom. The maximum Gasteiger partial charge on any atom is 0.261 e. The van der Waals surface area contributed by atoms with Gasteiger partial charge in [0.1, 0.15) is 12.6 Å². The van der Waals surface area contributed by atoms with E-state index in [-0.39, 0.29) is 12.5 Å². The zero-order valence-corrected chi connectivity index (χ0v) is 14.6. The Morgan fingerprint density at radius 3 is 2.52 bits per heavy atom. The third-order valence-corrected chi connectivity index (χ3v) is 4.27. The molecule has 5 heteroatoms. The number of amides is 1. The van der Waals surface area contributed by atoms with Crippen molar-refractivity contribution >= 4 is 11.6 Å². The topological polar surface area (TPSA) is 66.4 Å². The summed E-state index contributed by atoms with van der Waals surface area (Å²) >= 11 is 0. The fourth-order valence-corrected chi connectivity index (χ4v) is 2.99. The van der Waals surface area contributed by atoms with Crippen LogP contribution in [0.2, 0.25) is 0 Å². The molecule has 5 nitrogen and oxygen atoms in total. The third-order valence-electron chi connectivity index (χ3n) is 4.27. The van der Waals surface area contributed by atoms with Gasteiger partial charge >= 0.3 is 0 Å². The van der Waals surface area contributed by atoms with E-state index in [1.165, 1.54) is 0 Å². The van der Waals surface area contributed by atoms with Crippen molar-refractivity contribution in [3.05, 3.63) is 65.7 Å². The van der Waals surface area contributed by atoms with Crippen LogP contribution in [0.1, 0.15) is 36.0 Å². The lowest BCUT2D eigenvalue weighted by molar-refractivity contribution is -0.688. The number of benzene rings is 2. The highest BCUT2D eigenvalue weighted by Gasteiger charge is 2.38. The molecule has 0 saturated heterocycles. The molecule has 0 aliphatic carbocycles. The molecule has 132 valence electrons. The molecule has 0 bridgehead atoms. The molecular weight excluding hydrogens is 316 g/mol. The minimum Gasteiger partial charge on any atom is -0.385 e. The van der Waals surface area contributed by atoms with Crippen LogP contribution in [0, 0.1) is 0 Å². The van der Waals surface area contributed by atoms with E-state index in [9.17, 15) is 9.90 Å². The number of ether oxygens (including phenoxy) is 1. The van der Waals surface area contributed by atoms with Crippen molar-refractivity contribution in [2.45, 2.75) is 32.2 Å². The van der Waals surface area contributed by atoms with Gasteiger partial charge in [0, 0.05) is 16.8 Å². The molecule has 3 N–H and O–H groups in total. The monoisotopic (exact) mass is 341 g/mol. The zero-order valence-electron chi connectivity index (χ0n) is 14.6. The molecule has 0 aromatic heterocycles. The van der Waals surface area contributed by atoms with Crippen LogP contribution in [0.25, 0.3) is 0 Å². The van der Waals surface area contributed by atoms with E-state index in [0.717, 1.165) is 11.3 Å². The predicted molar refractivity (Wildman–Crippen MR) is 96.3 cm³/mol. The summed E-state index contributed by atoms with van der Waals surface area (Å²) in [6, 6.07) is 17.4. The normalized spacial score (nSPS) is 17.8. The largest absolute Gasteiger partial charge is 0.385 e. The van der Waals surface area contributed by atoms with E-state index < -0.39 is 12.3 Å². The number of para-hydroxylation sites is 1. The maximum atomic E-state index is 12.8. The molecule has 0 fully saturated rings. The average Bonchev–Trinajstić information content (AvgIpc) is 2.91. The first-order valence-electron chi connectivity index (χ1n) is 8.68. The first kappa shape index (κ1) is 17.6. The fraction of sp³-hybridized carbons (Fsp3) is 0.350. The minimum absolute atomic E-state index is 0.0740. The van der Waals surface area contributed by atoms with E-state index >= 15 is 0 Å². The molecule has 0 radical (unpaired) electrons. The van der Waals surface area contributed by atoms with Crippen LogP contribution in [0.15, 0.2) is 54.6 Å². The van der Waals surface area contributed by atoms with Crippen molar-refractivity contribution in [2.75, 3.05) is 18.1 Å². The number of aliphatic hydroxyl groups excluding tert-OH is 1. The second-order valence-corrected chi connectivity index (χ2v) is 6.65. The number of hydrogen-bond donors (Lipinski definition) is 2. The summed E-state index contributed by atoms with van der Waals surface area (Å²) in [5, 5.41) is 12.2. The summed E-state index contributed by atoms with van der Waals surface area (Å²) in [7, 11) is 0. The molecule has 2 aromatic carbocycles. The minimum atomic E-state index is -0.581. The van der Waals surface area contributed by atoms with Crippen LogP contribution in [-0.4, -0.2) is 36.3 Å². The average molecular weight is 341 g/mol. The number of hydrogen-bond acceptors (Lipinski definition) is 3. The highest BCUT2D eigenvalue weighted by molar-refractivity contribution is 6.10. The van der Waals surface area contributed by atoms with Crippen molar-refractivity contribution in [3.8, 4) is 0 Å². The summed E-state index contributed by atoms with van der Waals surface area (Å²) < 4.78 is 6.00. The Hall–Kier alpha value is -2.21. The van der Waals surface area contributed by atoms with Crippen molar-refractivity contribution in [2.24, 2.45) is 0 Å². The van der Waals surface area contributed by atoms with Crippen molar-refractivity contribution in [1.82, 2.24) is 0 Å². The summed E-state index contributed by atoms with van der Waals surface area (Å²) in [4.78, 5) is 14.5. The lowest BCUT2D eigenvalue weighted by Crippen LogP contribution is -2.90. The van der Waals surface area contributed by atoms with E-state index in [4.69, 9.17) is 4.74 Å². The molecule has 1 aliphatic rings. The quantitative estimate of drug-likeness (QED) is 0.805. The first-order chi connectivity index (χ1) is 12.1. The Balaban J connectivity index is 1.79. The molecular formula is C20H25N2O3+. The number of nitrogens with zero attached hydrogens (tertiary/aromatic N) is 1. The van der Waals surface area contributed by atoms with Gasteiger partial charge in [-0.1, -0.05) is 36.4 Å². The SMILES string of the molecule is CC(C)[NH2+]C[C@@H](O)CO[C@@H]1c2ccccc2C(=O)N1c1ccccc1. The van der Waals surface area contributed by atoms with Crippen LogP contribution in [0.5, 0.6) is 0 Å². The second kappa shape index (κ2) is 7.78. The molecule has 2 atom stereocenters. The summed E-state index contributed by atoms with van der Waals surface area (Å²) in [5.74, 6) is -0.0740.